The van der Waals surface area contributed by atoms with Gasteiger partial charge in [-0.1, -0.05) is 17.7 Å². The fourth-order valence-corrected chi connectivity index (χ4v) is 3.67. The van der Waals surface area contributed by atoms with Crippen LogP contribution in [0.4, 0.5) is 5.69 Å². The summed E-state index contributed by atoms with van der Waals surface area (Å²) >= 11 is 5.86. The number of nitrogens with one attached hydrogen (secondary N) is 2. The maximum Gasteiger partial charge on any atom is 0.339 e. The number of halogens is 1. The highest BCUT2D eigenvalue weighted by atomic mass is 35.5. The van der Waals surface area contributed by atoms with Crippen LogP contribution in [0.1, 0.15) is 22.8 Å². The smallest absolute Gasteiger partial charge is 0.339 e. The zero-order chi connectivity index (χ0) is 23.1. The molecule has 3 aromatic rings. The first-order valence-electron chi connectivity index (χ1n) is 9.24. The van der Waals surface area contributed by atoms with Crippen molar-refractivity contribution in [3.8, 4) is 5.75 Å². The van der Waals surface area contributed by atoms with Crippen LogP contribution < -0.4 is 14.9 Å². The van der Waals surface area contributed by atoms with Gasteiger partial charge in [-0.2, -0.15) is 13.5 Å². The van der Waals surface area contributed by atoms with Crippen LogP contribution in [-0.4, -0.2) is 26.4 Å². The van der Waals surface area contributed by atoms with Crippen molar-refractivity contribution < 1.29 is 22.2 Å². The second kappa shape index (κ2) is 10.1. The molecule has 0 aliphatic rings. The van der Waals surface area contributed by atoms with Crippen molar-refractivity contribution >= 4 is 45.4 Å². The molecule has 0 atom stereocenters. The standard InChI is InChI=1S/C22H18ClN3O5S/c1-15(27)25-19-7-11-21(12-8-19)32(29,30)31-20-9-5-16(6-10-20)14-24-26-22(28)17-3-2-4-18(23)13-17/h2-14H,1H3,(H,25,27)(H,26,28)/b24-14-. The van der Waals surface area contributed by atoms with Crippen LogP contribution in [0.5, 0.6) is 5.75 Å². The summed E-state index contributed by atoms with van der Waals surface area (Å²) in [5.74, 6) is -0.570. The molecule has 3 rings (SSSR count). The van der Waals surface area contributed by atoms with E-state index in [1.165, 1.54) is 55.6 Å². The van der Waals surface area contributed by atoms with E-state index in [0.717, 1.165) is 0 Å². The van der Waals surface area contributed by atoms with Gasteiger partial charge in [-0.25, -0.2) is 5.43 Å². The Bertz CT molecular complexity index is 1260. The summed E-state index contributed by atoms with van der Waals surface area (Å²) in [6.45, 7) is 1.36. The summed E-state index contributed by atoms with van der Waals surface area (Å²) in [7, 11) is -4.05. The van der Waals surface area contributed by atoms with Crippen LogP contribution in [0.25, 0.3) is 0 Å². The van der Waals surface area contributed by atoms with E-state index in [1.54, 1.807) is 30.3 Å². The summed E-state index contributed by atoms with van der Waals surface area (Å²) in [6, 6.07) is 18.1. The fraction of sp³-hybridized carbons (Fsp3) is 0.0455. The summed E-state index contributed by atoms with van der Waals surface area (Å²) < 4.78 is 30.0. The van der Waals surface area contributed by atoms with Crippen molar-refractivity contribution in [1.82, 2.24) is 5.43 Å². The van der Waals surface area contributed by atoms with E-state index in [4.69, 9.17) is 15.8 Å². The molecule has 0 saturated carbocycles. The Kier molecular flexibility index (Phi) is 7.24. The topological polar surface area (TPSA) is 114 Å². The first-order chi connectivity index (χ1) is 15.2. The monoisotopic (exact) mass is 471 g/mol. The minimum atomic E-state index is -4.05. The molecule has 32 heavy (non-hydrogen) atoms. The third kappa shape index (κ3) is 6.40. The van der Waals surface area contributed by atoms with Gasteiger partial charge in [-0.3, -0.25) is 9.59 Å². The van der Waals surface area contributed by atoms with Crippen molar-refractivity contribution in [1.29, 1.82) is 0 Å². The van der Waals surface area contributed by atoms with Gasteiger partial charge in [0.15, 0.2) is 0 Å². The third-order valence-electron chi connectivity index (χ3n) is 4.02. The van der Waals surface area contributed by atoms with Crippen molar-refractivity contribution in [2.45, 2.75) is 11.8 Å². The Hall–Kier alpha value is -3.69. The van der Waals surface area contributed by atoms with Gasteiger partial charge >= 0.3 is 10.1 Å². The van der Waals surface area contributed by atoms with Crippen LogP contribution in [0, 0.1) is 0 Å². The van der Waals surface area contributed by atoms with E-state index in [2.05, 4.69) is 15.8 Å². The second-order valence-corrected chi connectivity index (χ2v) is 8.50. The lowest BCUT2D eigenvalue weighted by atomic mass is 10.2. The molecule has 0 aliphatic carbocycles. The number of hydrazone groups is 1. The quantitative estimate of drug-likeness (QED) is 0.309. The van der Waals surface area contributed by atoms with E-state index in [1.807, 2.05) is 0 Å². The van der Waals surface area contributed by atoms with Crippen LogP contribution >= 0.6 is 11.6 Å². The van der Waals surface area contributed by atoms with E-state index >= 15 is 0 Å². The van der Waals surface area contributed by atoms with Gasteiger partial charge in [0, 0.05) is 23.2 Å². The number of rotatable bonds is 7. The SMILES string of the molecule is CC(=O)Nc1ccc(S(=O)(=O)Oc2ccc(/C=N\NC(=O)c3cccc(Cl)c3)cc2)cc1. The maximum absolute atomic E-state index is 12.4. The lowest BCUT2D eigenvalue weighted by molar-refractivity contribution is -0.114. The first-order valence-corrected chi connectivity index (χ1v) is 11.0. The molecule has 3 aromatic carbocycles. The predicted molar refractivity (Wildman–Crippen MR) is 122 cm³/mol. The van der Waals surface area contributed by atoms with Gasteiger partial charge in [-0.15, -0.1) is 0 Å². The normalized spacial score (nSPS) is 11.2. The molecule has 8 nitrogen and oxygen atoms in total. The fourth-order valence-electron chi connectivity index (χ4n) is 2.55. The van der Waals surface area contributed by atoms with Gasteiger partial charge in [0.1, 0.15) is 10.6 Å². The molecule has 0 spiro atoms. The number of carbonyl (C=O) groups excluding carboxylic acids is 2. The van der Waals surface area contributed by atoms with Gasteiger partial charge < -0.3 is 9.50 Å². The average molecular weight is 472 g/mol. The van der Waals surface area contributed by atoms with Gasteiger partial charge in [-0.05, 0) is 72.3 Å². The lowest BCUT2D eigenvalue weighted by Crippen LogP contribution is -2.17. The van der Waals surface area contributed by atoms with Crippen molar-refractivity contribution in [3.05, 3.63) is 88.9 Å². The molecule has 0 bridgehead atoms. The van der Waals surface area contributed by atoms with Crippen molar-refractivity contribution in [3.63, 3.8) is 0 Å². The van der Waals surface area contributed by atoms with Gasteiger partial charge in [0.25, 0.3) is 5.91 Å². The molecule has 2 N–H and O–H groups in total. The first kappa shape index (κ1) is 23.0. The van der Waals surface area contributed by atoms with E-state index < -0.39 is 16.0 Å². The minimum Gasteiger partial charge on any atom is -0.379 e. The molecular weight excluding hydrogens is 454 g/mol. The van der Waals surface area contributed by atoms with Gasteiger partial charge in [0.05, 0.1) is 6.21 Å². The number of nitrogens with zero attached hydrogens (tertiary/aromatic N) is 1. The number of anilines is 1. The van der Waals surface area contributed by atoms with Crippen LogP contribution in [0.2, 0.25) is 5.02 Å². The summed E-state index contributed by atoms with van der Waals surface area (Å²) in [5.41, 5.74) is 3.84. The Morgan fingerprint density at radius 1 is 1.00 bits per heavy atom. The molecule has 0 aromatic heterocycles. The van der Waals surface area contributed by atoms with Crippen LogP contribution in [-0.2, 0) is 14.9 Å². The van der Waals surface area contributed by atoms with Crippen LogP contribution in [0.15, 0.2) is 82.8 Å². The molecule has 0 heterocycles. The number of hydrogen-bond acceptors (Lipinski definition) is 6. The highest BCUT2D eigenvalue weighted by Gasteiger charge is 2.16. The van der Waals surface area contributed by atoms with Gasteiger partial charge in [0.2, 0.25) is 5.91 Å². The van der Waals surface area contributed by atoms with E-state index in [9.17, 15) is 18.0 Å². The molecule has 0 saturated heterocycles. The summed E-state index contributed by atoms with van der Waals surface area (Å²) in [4.78, 5) is 23.0. The summed E-state index contributed by atoms with van der Waals surface area (Å²) in [5, 5.41) is 6.87. The molecule has 0 fully saturated rings. The Morgan fingerprint density at radius 3 is 2.31 bits per heavy atom. The molecule has 10 heteroatoms. The molecule has 0 radical (unpaired) electrons. The lowest BCUT2D eigenvalue weighted by Gasteiger charge is -2.08. The summed E-state index contributed by atoms with van der Waals surface area (Å²) in [6.07, 6.45) is 1.40. The second-order valence-electron chi connectivity index (χ2n) is 6.52. The number of benzene rings is 3. The molecule has 0 unspecified atom stereocenters. The number of amides is 2. The highest BCUT2D eigenvalue weighted by Crippen LogP contribution is 2.20. The average Bonchev–Trinajstić information content (AvgIpc) is 2.74. The molecule has 0 aliphatic heterocycles. The maximum atomic E-state index is 12.4. The minimum absolute atomic E-state index is 0.0547. The molecule has 164 valence electrons. The van der Waals surface area contributed by atoms with Crippen LogP contribution in [0.3, 0.4) is 0 Å². The van der Waals surface area contributed by atoms with Crippen molar-refractivity contribution in [2.24, 2.45) is 5.10 Å². The molecular formula is C22H18ClN3O5S. The van der Waals surface area contributed by atoms with E-state index in [0.29, 0.717) is 21.8 Å². The van der Waals surface area contributed by atoms with E-state index in [-0.39, 0.29) is 16.6 Å². The Labute approximate surface area is 190 Å². The zero-order valence-corrected chi connectivity index (χ0v) is 18.4. The highest BCUT2D eigenvalue weighted by molar-refractivity contribution is 7.87. The Balaban J connectivity index is 1.60. The largest absolute Gasteiger partial charge is 0.379 e. The predicted octanol–water partition coefficient (Wildman–Crippen LogP) is 3.83. The number of carbonyl (C=O) groups is 2. The zero-order valence-electron chi connectivity index (χ0n) is 16.8. The third-order valence-corrected chi connectivity index (χ3v) is 5.51. The van der Waals surface area contributed by atoms with Crippen molar-refractivity contribution in [2.75, 3.05) is 5.32 Å². The molecule has 2 amide bonds. The Morgan fingerprint density at radius 2 is 1.69 bits per heavy atom. The number of hydrogen-bond donors (Lipinski definition) is 2.